The van der Waals surface area contributed by atoms with Gasteiger partial charge in [-0.25, -0.2) is 31.3 Å². The number of ether oxygens (including phenoxy) is 1. The van der Waals surface area contributed by atoms with Crippen LogP contribution >= 0.6 is 0 Å². The Balaban J connectivity index is 1.80. The lowest BCUT2D eigenvalue weighted by Gasteiger charge is -2.52. The Morgan fingerprint density at radius 2 is 1.92 bits per heavy atom. The minimum atomic E-state index is -4.23. The molecule has 2 aliphatic rings. The Labute approximate surface area is 225 Å². The summed E-state index contributed by atoms with van der Waals surface area (Å²) in [5, 5.41) is 8.65. The fourth-order valence-corrected chi connectivity index (χ4v) is 7.00. The van der Waals surface area contributed by atoms with Gasteiger partial charge in [0.1, 0.15) is 27.7 Å². The van der Waals surface area contributed by atoms with Crippen molar-refractivity contribution in [2.45, 2.75) is 50.0 Å². The number of benzene rings is 1. The van der Waals surface area contributed by atoms with Crippen molar-refractivity contribution in [3.05, 3.63) is 59.4 Å². The summed E-state index contributed by atoms with van der Waals surface area (Å²) in [7, 11) is -2.97. The van der Waals surface area contributed by atoms with Gasteiger partial charge in [0.2, 0.25) is 16.0 Å². The third-order valence-corrected chi connectivity index (χ3v) is 9.49. The number of guanidine groups is 1. The van der Waals surface area contributed by atoms with Crippen molar-refractivity contribution in [3.8, 4) is 0 Å². The van der Waals surface area contributed by atoms with E-state index >= 15 is 4.39 Å². The number of nitrogens with one attached hydrogen (secondary N) is 3. The predicted octanol–water partition coefficient (Wildman–Crippen LogP) is 2.72. The van der Waals surface area contributed by atoms with Crippen LogP contribution < -0.4 is 16.0 Å². The molecule has 1 aromatic carbocycles. The van der Waals surface area contributed by atoms with E-state index in [9.17, 15) is 22.4 Å². The average Bonchev–Trinajstić information content (AvgIpc) is 3.35. The van der Waals surface area contributed by atoms with Crippen LogP contribution in [0.5, 0.6) is 0 Å². The van der Waals surface area contributed by atoms with Crippen molar-refractivity contribution in [1.82, 2.24) is 19.9 Å². The predicted molar refractivity (Wildman–Crippen MR) is 140 cm³/mol. The van der Waals surface area contributed by atoms with Crippen molar-refractivity contribution in [3.63, 3.8) is 0 Å². The molecule has 2 aliphatic heterocycles. The van der Waals surface area contributed by atoms with Crippen molar-refractivity contribution >= 4 is 33.7 Å². The lowest BCUT2D eigenvalue weighted by atomic mass is 9.77. The molecule has 14 heteroatoms. The maximum Gasteiger partial charge on any atom is 0.437 e. The smallest absolute Gasteiger partial charge is 0.437 e. The fraction of sp³-hybridized carbons (Fsp3) is 0.440. The summed E-state index contributed by atoms with van der Waals surface area (Å²) >= 11 is 0. The van der Waals surface area contributed by atoms with Gasteiger partial charge < -0.3 is 20.7 Å². The Morgan fingerprint density at radius 3 is 2.51 bits per heavy atom. The molecule has 0 aliphatic carbocycles. The highest BCUT2D eigenvalue weighted by molar-refractivity contribution is 7.91. The van der Waals surface area contributed by atoms with Crippen LogP contribution in [0.25, 0.3) is 0 Å². The summed E-state index contributed by atoms with van der Waals surface area (Å²) in [4.78, 5) is 32.8. The molecule has 0 bridgehead atoms. The Bertz CT molecular complexity index is 1440. The first-order valence-electron chi connectivity index (χ1n) is 12.1. The van der Waals surface area contributed by atoms with Crippen molar-refractivity contribution < 1.29 is 31.5 Å². The molecule has 39 heavy (non-hydrogen) atoms. The van der Waals surface area contributed by atoms with Crippen LogP contribution in [0.3, 0.4) is 0 Å². The topological polar surface area (TPSA) is 142 Å². The zero-order valence-electron chi connectivity index (χ0n) is 22.1. The molecule has 1 unspecified atom stereocenters. The maximum absolute atomic E-state index is 15.5. The number of sulfonamides is 1. The van der Waals surface area contributed by atoms with Gasteiger partial charge in [-0.05, 0) is 71.0 Å². The zero-order valence-corrected chi connectivity index (χ0v) is 22.9. The number of hydrogen-bond acceptors (Lipinski definition) is 7. The second kappa shape index (κ2) is 9.83. The van der Waals surface area contributed by atoms with Gasteiger partial charge >= 0.3 is 6.09 Å². The van der Waals surface area contributed by atoms with Crippen molar-refractivity contribution in [1.29, 1.82) is 0 Å². The Morgan fingerprint density at radius 1 is 1.21 bits per heavy atom. The van der Waals surface area contributed by atoms with Crippen molar-refractivity contribution in [2.75, 3.05) is 25.5 Å². The molecule has 3 N–H and O–H groups in total. The number of halogens is 2. The molecule has 3 heterocycles. The summed E-state index contributed by atoms with van der Waals surface area (Å²) in [6.07, 6.45) is -0.0108. The number of carbonyl (C=O) groups is 2. The number of aliphatic imine (C=N–C) groups is 1. The molecule has 11 nitrogen and oxygen atoms in total. The van der Waals surface area contributed by atoms with E-state index in [0.29, 0.717) is 6.54 Å². The molecular formula is C25H30F2N6O5S. The van der Waals surface area contributed by atoms with Gasteiger partial charge in [-0.1, -0.05) is 0 Å². The molecule has 210 valence electrons. The number of amides is 2. The van der Waals surface area contributed by atoms with Gasteiger partial charge in [-0.2, -0.15) is 0 Å². The molecular weight excluding hydrogens is 534 g/mol. The fourth-order valence-electron chi connectivity index (χ4n) is 4.84. The SMILES string of the molecule is CN1/C(=N/C(=O)OC(C)(C)C)N[C@](C)(c2cc(NC(=O)c3ccc(F)cn3)ccc2F)C2(CCNC2)S1(=O)=O. The van der Waals surface area contributed by atoms with Gasteiger partial charge in [0.05, 0.1) is 11.7 Å². The average molecular weight is 565 g/mol. The quantitative estimate of drug-likeness (QED) is 0.517. The standard InChI is InChI=1S/C25H30F2N6O5S/c1-23(2,3)38-22(35)31-21-32-24(4,25(10-11-28-14-25)39(36,37)33(21)5)17-12-16(7-8-18(17)27)30-20(34)19-9-6-15(26)13-29-19/h6-9,12-13,28H,10-11,14H2,1-5H3,(H,30,34)(H,31,32,35)/t24-,25?/m1/s1. The minimum absolute atomic E-state index is 0.0155. The molecule has 1 aromatic heterocycles. The first kappa shape index (κ1) is 28.4. The van der Waals surface area contributed by atoms with Gasteiger partial charge in [0.25, 0.3) is 5.91 Å². The Kier molecular flexibility index (Phi) is 7.15. The third-order valence-electron chi connectivity index (χ3n) is 6.86. The highest BCUT2D eigenvalue weighted by Gasteiger charge is 2.65. The molecule has 2 aromatic rings. The van der Waals surface area contributed by atoms with Crippen LogP contribution in [0.15, 0.2) is 41.5 Å². The zero-order chi connectivity index (χ0) is 28.8. The molecule has 4 rings (SSSR count). The van der Waals surface area contributed by atoms with Crippen LogP contribution in [-0.4, -0.2) is 66.2 Å². The molecule has 2 amide bonds. The van der Waals surface area contributed by atoms with Crippen molar-refractivity contribution in [2.24, 2.45) is 4.99 Å². The van der Waals surface area contributed by atoms with E-state index in [2.05, 4.69) is 25.9 Å². The lowest BCUT2D eigenvalue weighted by molar-refractivity contribution is 0.0601. The van der Waals surface area contributed by atoms with Crippen LogP contribution in [-0.2, 0) is 20.3 Å². The van der Waals surface area contributed by atoms with E-state index in [-0.39, 0.29) is 35.9 Å². The molecule has 2 atom stereocenters. The van der Waals surface area contributed by atoms with Crippen LogP contribution in [0.4, 0.5) is 19.3 Å². The highest BCUT2D eigenvalue weighted by Crippen LogP contribution is 2.48. The molecule has 0 radical (unpaired) electrons. The van der Waals surface area contributed by atoms with E-state index in [1.807, 2.05) is 0 Å². The first-order chi connectivity index (χ1) is 18.1. The number of anilines is 1. The summed E-state index contributed by atoms with van der Waals surface area (Å²) in [5.74, 6) is -2.37. The van der Waals surface area contributed by atoms with E-state index in [4.69, 9.17) is 4.74 Å². The number of nitrogens with zero attached hydrogens (tertiary/aromatic N) is 3. The van der Waals surface area contributed by atoms with Gasteiger partial charge in [-0.3, -0.25) is 4.79 Å². The maximum atomic E-state index is 15.5. The number of pyridine rings is 1. The lowest BCUT2D eigenvalue weighted by Crippen LogP contribution is -2.74. The molecule has 1 spiro atoms. The van der Waals surface area contributed by atoms with E-state index in [1.165, 1.54) is 32.2 Å². The summed E-state index contributed by atoms with van der Waals surface area (Å²) in [5.41, 5.74) is -2.54. The van der Waals surface area contributed by atoms with Crippen LogP contribution in [0.2, 0.25) is 0 Å². The Hall–Kier alpha value is -3.65. The highest BCUT2D eigenvalue weighted by atomic mass is 32.2. The summed E-state index contributed by atoms with van der Waals surface area (Å²) in [6.45, 7) is 6.76. The van der Waals surface area contributed by atoms with E-state index < -0.39 is 49.5 Å². The molecule has 2 fully saturated rings. The van der Waals surface area contributed by atoms with E-state index in [1.54, 1.807) is 20.8 Å². The normalized spacial score (nSPS) is 25.4. The largest absolute Gasteiger partial charge is 0.442 e. The molecule has 0 saturated carbocycles. The third kappa shape index (κ3) is 5.05. The number of rotatable bonds is 3. The summed E-state index contributed by atoms with van der Waals surface area (Å²) in [6, 6.07) is 5.99. The number of hydrogen-bond donors (Lipinski definition) is 3. The van der Waals surface area contributed by atoms with Gasteiger partial charge in [0, 0.05) is 24.8 Å². The monoisotopic (exact) mass is 564 g/mol. The molecule has 2 saturated heterocycles. The second-order valence-corrected chi connectivity index (χ2v) is 12.8. The first-order valence-corrected chi connectivity index (χ1v) is 13.6. The minimum Gasteiger partial charge on any atom is -0.442 e. The summed E-state index contributed by atoms with van der Waals surface area (Å²) < 4.78 is 61.2. The second-order valence-electron chi connectivity index (χ2n) is 10.6. The van der Waals surface area contributed by atoms with Gasteiger partial charge in [-0.15, -0.1) is 4.99 Å². The number of carbonyl (C=O) groups excluding carboxylic acids is 2. The number of aromatic nitrogens is 1. The van der Waals surface area contributed by atoms with E-state index in [0.717, 1.165) is 22.6 Å². The van der Waals surface area contributed by atoms with Gasteiger partial charge in [0.15, 0.2) is 0 Å². The van der Waals surface area contributed by atoms with Crippen LogP contribution in [0.1, 0.15) is 50.2 Å². The van der Waals surface area contributed by atoms with Crippen LogP contribution in [0, 0.1) is 11.6 Å².